The standard InChI is InChI=1S/C23H18Cl2N4O4/c1-14-3-2-6-29-20(14)27-21(33-19-5-4-16(24)12-18(19)25)17(23(29)31)11-15(13-26)22(30)28-7-9-32-10-8-28/h2-6,11-12H,7-10H2,1H3/b15-11+. The van der Waals surface area contributed by atoms with Crippen LogP contribution >= 0.6 is 23.2 Å². The Morgan fingerprint density at radius 1 is 1.27 bits per heavy atom. The Hall–Kier alpha value is -3.38. The van der Waals surface area contributed by atoms with E-state index in [0.717, 1.165) is 5.56 Å². The van der Waals surface area contributed by atoms with E-state index in [2.05, 4.69) is 4.98 Å². The summed E-state index contributed by atoms with van der Waals surface area (Å²) < 4.78 is 12.5. The van der Waals surface area contributed by atoms with Crippen LogP contribution in [0.4, 0.5) is 0 Å². The molecule has 10 heteroatoms. The number of nitrogens with zero attached hydrogens (tertiary/aromatic N) is 4. The number of hydrogen-bond donors (Lipinski definition) is 0. The molecule has 4 rings (SSSR count). The third-order valence-electron chi connectivity index (χ3n) is 5.09. The summed E-state index contributed by atoms with van der Waals surface area (Å²) in [5.41, 5.74) is 0.351. The van der Waals surface area contributed by atoms with E-state index < -0.39 is 11.5 Å². The van der Waals surface area contributed by atoms with E-state index in [1.54, 1.807) is 37.4 Å². The highest BCUT2D eigenvalue weighted by molar-refractivity contribution is 6.35. The van der Waals surface area contributed by atoms with Crippen molar-refractivity contribution in [2.45, 2.75) is 6.92 Å². The van der Waals surface area contributed by atoms with E-state index >= 15 is 0 Å². The van der Waals surface area contributed by atoms with Gasteiger partial charge in [0.15, 0.2) is 0 Å². The van der Waals surface area contributed by atoms with Crippen molar-refractivity contribution in [2.24, 2.45) is 0 Å². The van der Waals surface area contributed by atoms with E-state index in [9.17, 15) is 14.9 Å². The second-order valence-corrected chi connectivity index (χ2v) is 8.12. The van der Waals surface area contributed by atoms with Gasteiger partial charge in [-0.15, -0.1) is 0 Å². The molecule has 1 aliphatic rings. The largest absolute Gasteiger partial charge is 0.437 e. The Morgan fingerprint density at radius 3 is 2.73 bits per heavy atom. The third-order valence-corrected chi connectivity index (χ3v) is 5.62. The van der Waals surface area contributed by atoms with E-state index in [1.165, 1.54) is 21.4 Å². The van der Waals surface area contributed by atoms with Crippen molar-refractivity contribution in [1.82, 2.24) is 14.3 Å². The van der Waals surface area contributed by atoms with Gasteiger partial charge in [0.1, 0.15) is 28.6 Å². The molecule has 168 valence electrons. The van der Waals surface area contributed by atoms with Crippen LogP contribution in [0.1, 0.15) is 11.1 Å². The minimum absolute atomic E-state index is 0.0534. The summed E-state index contributed by atoms with van der Waals surface area (Å²) in [5, 5.41) is 10.3. The number of fused-ring (bicyclic) bond motifs is 1. The van der Waals surface area contributed by atoms with E-state index in [4.69, 9.17) is 32.7 Å². The number of pyridine rings is 1. The molecule has 0 unspecified atom stereocenters. The van der Waals surface area contributed by atoms with Crippen LogP contribution in [0.25, 0.3) is 11.7 Å². The van der Waals surface area contributed by atoms with E-state index in [0.29, 0.717) is 37.0 Å². The van der Waals surface area contributed by atoms with Crippen LogP contribution in [0.5, 0.6) is 11.6 Å². The van der Waals surface area contributed by atoms with Crippen molar-refractivity contribution in [3.8, 4) is 17.7 Å². The van der Waals surface area contributed by atoms with E-state index in [-0.39, 0.29) is 27.8 Å². The zero-order valence-corrected chi connectivity index (χ0v) is 19.1. The lowest BCUT2D eigenvalue weighted by molar-refractivity contribution is -0.130. The van der Waals surface area contributed by atoms with Gasteiger partial charge in [0.25, 0.3) is 11.5 Å². The molecule has 33 heavy (non-hydrogen) atoms. The molecule has 0 radical (unpaired) electrons. The first kappa shape index (κ1) is 22.8. The Bertz CT molecular complexity index is 1370. The Balaban J connectivity index is 1.88. The van der Waals surface area contributed by atoms with Crippen molar-refractivity contribution in [1.29, 1.82) is 5.26 Å². The van der Waals surface area contributed by atoms with Gasteiger partial charge >= 0.3 is 0 Å². The van der Waals surface area contributed by atoms with Crippen molar-refractivity contribution < 1.29 is 14.3 Å². The van der Waals surface area contributed by atoms with Crippen LogP contribution < -0.4 is 10.3 Å². The zero-order valence-electron chi connectivity index (χ0n) is 17.5. The van der Waals surface area contributed by atoms with Gasteiger partial charge in [-0.25, -0.2) is 0 Å². The predicted octanol–water partition coefficient (Wildman–Crippen LogP) is 3.87. The summed E-state index contributed by atoms with van der Waals surface area (Å²) in [7, 11) is 0. The fourth-order valence-corrected chi connectivity index (χ4v) is 3.83. The van der Waals surface area contributed by atoms with Crippen LogP contribution in [0.15, 0.2) is 46.9 Å². The van der Waals surface area contributed by atoms with Gasteiger partial charge in [0.05, 0.1) is 18.2 Å². The van der Waals surface area contributed by atoms with Crippen molar-refractivity contribution >= 4 is 40.8 Å². The van der Waals surface area contributed by atoms with Crippen LogP contribution in [0.3, 0.4) is 0 Å². The summed E-state index contributed by atoms with van der Waals surface area (Å²) in [6.45, 7) is 3.28. The fraction of sp³-hybridized carbons (Fsp3) is 0.217. The molecule has 0 atom stereocenters. The van der Waals surface area contributed by atoms with Crippen molar-refractivity contribution in [3.05, 3.63) is 73.6 Å². The number of amides is 1. The number of rotatable bonds is 4. The molecular weight excluding hydrogens is 467 g/mol. The molecule has 1 amide bonds. The number of nitriles is 1. The minimum Gasteiger partial charge on any atom is -0.437 e. The molecule has 1 aromatic carbocycles. The maximum Gasteiger partial charge on any atom is 0.269 e. The fourth-order valence-electron chi connectivity index (χ4n) is 3.38. The van der Waals surface area contributed by atoms with Gasteiger partial charge in [-0.2, -0.15) is 10.2 Å². The number of benzene rings is 1. The lowest BCUT2D eigenvalue weighted by Gasteiger charge is -2.26. The lowest BCUT2D eigenvalue weighted by atomic mass is 10.1. The number of aromatic nitrogens is 2. The molecule has 0 N–H and O–H groups in total. The number of hydrogen-bond acceptors (Lipinski definition) is 6. The SMILES string of the molecule is Cc1cccn2c(=O)c(/C=C(\C#N)C(=O)N3CCOCC3)c(Oc3ccc(Cl)cc3Cl)nc12. The van der Waals surface area contributed by atoms with Crippen LogP contribution in [0, 0.1) is 18.3 Å². The average Bonchev–Trinajstić information content (AvgIpc) is 2.81. The summed E-state index contributed by atoms with van der Waals surface area (Å²) in [5.74, 6) is -0.357. The second-order valence-electron chi connectivity index (χ2n) is 7.27. The first-order valence-corrected chi connectivity index (χ1v) is 10.8. The highest BCUT2D eigenvalue weighted by Gasteiger charge is 2.23. The maximum absolute atomic E-state index is 13.4. The van der Waals surface area contributed by atoms with E-state index in [1.807, 2.05) is 6.07 Å². The number of aryl methyl sites for hydroxylation is 1. The van der Waals surface area contributed by atoms with Crippen LogP contribution in [-0.2, 0) is 9.53 Å². The molecule has 3 heterocycles. The highest BCUT2D eigenvalue weighted by atomic mass is 35.5. The summed E-state index contributed by atoms with van der Waals surface area (Å²) in [6, 6.07) is 10.0. The average molecular weight is 485 g/mol. The second kappa shape index (κ2) is 9.63. The van der Waals surface area contributed by atoms with Gasteiger partial charge in [-0.3, -0.25) is 14.0 Å². The minimum atomic E-state index is -0.495. The number of halogens is 2. The monoisotopic (exact) mass is 484 g/mol. The summed E-state index contributed by atoms with van der Waals surface area (Å²) in [4.78, 5) is 32.3. The first-order chi connectivity index (χ1) is 15.9. The van der Waals surface area contributed by atoms with Crippen LogP contribution in [-0.4, -0.2) is 46.5 Å². The first-order valence-electron chi connectivity index (χ1n) is 10.0. The quantitative estimate of drug-likeness (QED) is 0.411. The molecule has 0 aliphatic carbocycles. The van der Waals surface area contributed by atoms with Gasteiger partial charge < -0.3 is 14.4 Å². The number of morpholine rings is 1. The number of carbonyl (C=O) groups excluding carboxylic acids is 1. The number of ether oxygens (including phenoxy) is 2. The van der Waals surface area contributed by atoms with Crippen LogP contribution in [0.2, 0.25) is 10.0 Å². The Morgan fingerprint density at radius 2 is 2.03 bits per heavy atom. The van der Waals surface area contributed by atoms with Crippen molar-refractivity contribution in [3.63, 3.8) is 0 Å². The topological polar surface area (TPSA) is 96.9 Å². The molecule has 2 aromatic heterocycles. The van der Waals surface area contributed by atoms with Gasteiger partial charge in [0.2, 0.25) is 5.88 Å². The summed E-state index contributed by atoms with van der Waals surface area (Å²) >= 11 is 12.2. The number of carbonyl (C=O) groups is 1. The van der Waals surface area contributed by atoms with Crippen molar-refractivity contribution in [2.75, 3.05) is 26.3 Å². The molecule has 1 fully saturated rings. The third kappa shape index (κ3) is 4.71. The molecule has 3 aromatic rings. The normalized spacial score (nSPS) is 14.2. The van der Waals surface area contributed by atoms with Gasteiger partial charge in [-0.05, 0) is 42.8 Å². The molecule has 1 saturated heterocycles. The highest BCUT2D eigenvalue weighted by Crippen LogP contribution is 2.32. The molecule has 1 aliphatic heterocycles. The zero-order chi connectivity index (χ0) is 23.5. The van der Waals surface area contributed by atoms with Gasteiger partial charge in [0, 0.05) is 24.3 Å². The maximum atomic E-state index is 13.4. The molecule has 0 bridgehead atoms. The Labute approximate surface area is 199 Å². The van der Waals surface area contributed by atoms with Gasteiger partial charge in [-0.1, -0.05) is 29.3 Å². The predicted molar refractivity (Wildman–Crippen MR) is 124 cm³/mol. The lowest BCUT2D eigenvalue weighted by Crippen LogP contribution is -2.41. The summed E-state index contributed by atoms with van der Waals surface area (Å²) in [6.07, 6.45) is 2.77. The molecular formula is C23H18Cl2N4O4. The molecule has 0 saturated carbocycles. The Kier molecular flexibility index (Phi) is 6.65. The molecule has 0 spiro atoms. The smallest absolute Gasteiger partial charge is 0.269 e. The molecule has 8 nitrogen and oxygen atoms in total.